The maximum absolute atomic E-state index is 12.7. The van der Waals surface area contributed by atoms with E-state index in [1.165, 1.54) is 31.2 Å². The van der Waals surface area contributed by atoms with Gasteiger partial charge in [-0.15, -0.1) is 0 Å². The zero-order valence-corrected chi connectivity index (χ0v) is 22.3. The molecule has 1 saturated heterocycles. The largest absolute Gasteiger partial charge is 0.492 e. The van der Waals surface area contributed by atoms with Crippen LogP contribution < -0.4 is 25.8 Å². The normalized spacial score (nSPS) is 14.5. The van der Waals surface area contributed by atoms with Gasteiger partial charge in [0.05, 0.1) is 16.8 Å². The van der Waals surface area contributed by atoms with Gasteiger partial charge in [-0.1, -0.05) is 6.07 Å². The van der Waals surface area contributed by atoms with Gasteiger partial charge in [0.15, 0.2) is 5.82 Å². The number of sulfonamides is 1. The molecule has 2 aromatic carbocycles. The van der Waals surface area contributed by atoms with Crippen molar-refractivity contribution in [1.82, 2.24) is 19.6 Å². The summed E-state index contributed by atoms with van der Waals surface area (Å²) in [5, 5.41) is 6.26. The minimum atomic E-state index is -3.68. The molecule has 1 aromatic heterocycles. The van der Waals surface area contributed by atoms with Gasteiger partial charge in [-0.3, -0.25) is 4.90 Å². The predicted molar refractivity (Wildman–Crippen MR) is 147 cm³/mol. The zero-order valence-electron chi connectivity index (χ0n) is 21.5. The summed E-state index contributed by atoms with van der Waals surface area (Å²) in [6.45, 7) is 9.29. The van der Waals surface area contributed by atoms with Crippen LogP contribution >= 0.6 is 0 Å². The van der Waals surface area contributed by atoms with E-state index >= 15 is 0 Å². The lowest BCUT2D eigenvalue weighted by Crippen LogP contribution is -2.40. The molecule has 0 radical (unpaired) electrons. The highest BCUT2D eigenvalue weighted by molar-refractivity contribution is 7.89. The highest BCUT2D eigenvalue weighted by Crippen LogP contribution is 2.25. The summed E-state index contributed by atoms with van der Waals surface area (Å²) in [6, 6.07) is 14.1. The number of nitrogen functional groups attached to an aromatic ring is 1. The van der Waals surface area contributed by atoms with Gasteiger partial charge in [-0.05, 0) is 89.2 Å². The molecule has 4 rings (SSSR count). The first-order chi connectivity index (χ1) is 17.6. The molecule has 5 N–H and O–H groups in total. The number of hydrogen-bond donors (Lipinski definition) is 4. The van der Waals surface area contributed by atoms with Crippen LogP contribution in [0.5, 0.6) is 5.75 Å². The average Bonchev–Trinajstić information content (AvgIpc) is 3.35. The summed E-state index contributed by atoms with van der Waals surface area (Å²) < 4.78 is 33.9. The van der Waals surface area contributed by atoms with E-state index in [9.17, 15) is 8.42 Å². The number of rotatable bonds is 10. The van der Waals surface area contributed by atoms with Crippen LogP contribution in [0.1, 0.15) is 33.6 Å². The van der Waals surface area contributed by atoms with E-state index in [-0.39, 0.29) is 4.90 Å². The molecule has 10 nitrogen and oxygen atoms in total. The molecule has 2 heterocycles. The Kier molecular flexibility index (Phi) is 8.16. The summed E-state index contributed by atoms with van der Waals surface area (Å²) in [7, 11) is -3.68. The van der Waals surface area contributed by atoms with Crippen LogP contribution in [-0.4, -0.2) is 55.1 Å². The van der Waals surface area contributed by atoms with Gasteiger partial charge >= 0.3 is 0 Å². The van der Waals surface area contributed by atoms with Gasteiger partial charge < -0.3 is 21.1 Å². The van der Waals surface area contributed by atoms with E-state index in [1.54, 1.807) is 32.9 Å². The number of hydrogen-bond acceptors (Lipinski definition) is 9. The van der Waals surface area contributed by atoms with Crippen molar-refractivity contribution in [2.24, 2.45) is 0 Å². The van der Waals surface area contributed by atoms with Crippen molar-refractivity contribution in [2.75, 3.05) is 42.6 Å². The van der Waals surface area contributed by atoms with Gasteiger partial charge in [0.25, 0.3) is 0 Å². The summed E-state index contributed by atoms with van der Waals surface area (Å²) >= 11 is 0. The molecule has 3 aromatic rings. The molecule has 0 aliphatic carbocycles. The molecule has 0 unspecified atom stereocenters. The second-order valence-corrected chi connectivity index (χ2v) is 11.7. The standard InChI is InChI=1S/C26H35N7O3S/c1-26(2,3)32-37(34,35)22-8-6-7-20(17-22)29-24-23(27)18-28-25(31-24)30-19-9-11-21(12-10-19)36-16-15-33-13-4-5-14-33/h6-12,17-18,32H,4-5,13-16,27H2,1-3H3,(H2,28,29,30,31). The van der Waals surface area contributed by atoms with Gasteiger partial charge in [0.1, 0.15) is 12.4 Å². The van der Waals surface area contributed by atoms with Crippen molar-refractivity contribution < 1.29 is 13.2 Å². The fourth-order valence-corrected chi connectivity index (χ4v) is 5.42. The van der Waals surface area contributed by atoms with Crippen molar-refractivity contribution in [1.29, 1.82) is 0 Å². The van der Waals surface area contributed by atoms with Crippen molar-refractivity contribution in [2.45, 2.75) is 44.0 Å². The summed E-state index contributed by atoms with van der Waals surface area (Å²) in [5.74, 6) is 1.51. The first-order valence-corrected chi connectivity index (χ1v) is 13.8. The number of aromatic nitrogens is 2. The molecule has 37 heavy (non-hydrogen) atoms. The Labute approximate surface area is 218 Å². The molecular formula is C26H35N7O3S. The second-order valence-electron chi connectivity index (χ2n) is 10.1. The Morgan fingerprint density at radius 1 is 1.03 bits per heavy atom. The molecule has 0 bridgehead atoms. The molecule has 1 aliphatic heterocycles. The fourth-order valence-electron chi connectivity index (χ4n) is 3.95. The van der Waals surface area contributed by atoms with Crippen LogP contribution in [0.25, 0.3) is 0 Å². The summed E-state index contributed by atoms with van der Waals surface area (Å²) in [6.07, 6.45) is 4.04. The van der Waals surface area contributed by atoms with Gasteiger partial charge in [-0.2, -0.15) is 4.98 Å². The van der Waals surface area contributed by atoms with E-state index < -0.39 is 15.6 Å². The molecule has 198 valence electrons. The van der Waals surface area contributed by atoms with Crippen LogP contribution in [-0.2, 0) is 10.0 Å². The number of likely N-dealkylation sites (tertiary alicyclic amines) is 1. The van der Waals surface area contributed by atoms with E-state index in [2.05, 4.69) is 30.2 Å². The lowest BCUT2D eigenvalue weighted by atomic mass is 10.1. The highest BCUT2D eigenvalue weighted by atomic mass is 32.2. The Morgan fingerprint density at radius 3 is 2.46 bits per heavy atom. The fraction of sp³-hybridized carbons (Fsp3) is 0.385. The topological polar surface area (TPSA) is 134 Å². The lowest BCUT2D eigenvalue weighted by molar-refractivity contribution is 0.238. The molecule has 0 saturated carbocycles. The minimum absolute atomic E-state index is 0.140. The van der Waals surface area contributed by atoms with Gasteiger partial charge in [0, 0.05) is 23.5 Å². The number of ether oxygens (including phenoxy) is 1. The van der Waals surface area contributed by atoms with Gasteiger partial charge in [-0.25, -0.2) is 18.1 Å². The third-order valence-electron chi connectivity index (χ3n) is 5.65. The number of nitrogens with one attached hydrogen (secondary N) is 3. The van der Waals surface area contributed by atoms with Crippen molar-refractivity contribution >= 4 is 38.9 Å². The average molecular weight is 526 g/mol. The molecule has 0 spiro atoms. The lowest BCUT2D eigenvalue weighted by Gasteiger charge is -2.20. The van der Waals surface area contributed by atoms with Crippen molar-refractivity contribution in [3.63, 3.8) is 0 Å². The summed E-state index contributed by atoms with van der Waals surface area (Å²) in [4.78, 5) is 11.3. The van der Waals surface area contributed by atoms with E-state index in [4.69, 9.17) is 10.5 Å². The SMILES string of the molecule is CC(C)(C)NS(=O)(=O)c1cccc(Nc2nc(Nc3ccc(OCCN4CCCC4)cc3)ncc2N)c1. The second kappa shape index (κ2) is 11.3. The van der Waals surface area contributed by atoms with Crippen LogP contribution in [0.2, 0.25) is 0 Å². The monoisotopic (exact) mass is 525 g/mol. The van der Waals surface area contributed by atoms with Crippen molar-refractivity contribution in [3.05, 3.63) is 54.7 Å². The van der Waals surface area contributed by atoms with Crippen LogP contribution in [0.15, 0.2) is 59.6 Å². The molecule has 0 atom stereocenters. The Morgan fingerprint density at radius 2 is 1.76 bits per heavy atom. The molecule has 1 fully saturated rings. The first kappa shape index (κ1) is 26.6. The van der Waals surface area contributed by atoms with Gasteiger partial charge in [0.2, 0.25) is 16.0 Å². The number of nitrogens with zero attached hydrogens (tertiary/aromatic N) is 3. The van der Waals surface area contributed by atoms with E-state index in [0.717, 1.165) is 31.1 Å². The number of nitrogens with two attached hydrogens (primary N) is 1. The number of anilines is 5. The van der Waals surface area contributed by atoms with Crippen LogP contribution in [0.3, 0.4) is 0 Å². The zero-order chi connectivity index (χ0) is 26.5. The van der Waals surface area contributed by atoms with Crippen LogP contribution in [0, 0.1) is 0 Å². The third kappa shape index (κ3) is 7.78. The Hall–Kier alpha value is -3.41. The maximum atomic E-state index is 12.7. The summed E-state index contributed by atoms with van der Waals surface area (Å²) in [5.41, 5.74) is 7.14. The minimum Gasteiger partial charge on any atom is -0.492 e. The van der Waals surface area contributed by atoms with E-state index in [1.807, 2.05) is 24.3 Å². The van der Waals surface area contributed by atoms with Crippen molar-refractivity contribution in [3.8, 4) is 5.75 Å². The number of benzene rings is 2. The predicted octanol–water partition coefficient (Wildman–Crippen LogP) is 4.10. The maximum Gasteiger partial charge on any atom is 0.241 e. The Bertz CT molecular complexity index is 1300. The van der Waals surface area contributed by atoms with Crippen LogP contribution in [0.4, 0.5) is 28.8 Å². The quantitative estimate of drug-likeness (QED) is 0.309. The molecule has 11 heteroatoms. The Balaban J connectivity index is 1.39. The highest BCUT2D eigenvalue weighted by Gasteiger charge is 2.22. The molecular weight excluding hydrogens is 490 g/mol. The third-order valence-corrected chi connectivity index (χ3v) is 7.41. The van der Waals surface area contributed by atoms with E-state index in [0.29, 0.717) is 29.7 Å². The smallest absolute Gasteiger partial charge is 0.241 e. The molecule has 1 aliphatic rings. The first-order valence-electron chi connectivity index (χ1n) is 12.3. The molecule has 0 amide bonds.